The van der Waals surface area contributed by atoms with Crippen LogP contribution in [0.3, 0.4) is 0 Å². The Balaban J connectivity index is 1.74. The summed E-state index contributed by atoms with van der Waals surface area (Å²) < 4.78 is 3.38. The van der Waals surface area contributed by atoms with Crippen LogP contribution in [-0.4, -0.2) is 25.5 Å². The van der Waals surface area contributed by atoms with Gasteiger partial charge in [0.05, 0.1) is 6.54 Å². The summed E-state index contributed by atoms with van der Waals surface area (Å²) in [7, 11) is 1.74. The van der Waals surface area contributed by atoms with Crippen molar-refractivity contribution < 1.29 is 4.79 Å². The number of rotatable bonds is 4. The van der Waals surface area contributed by atoms with Gasteiger partial charge in [-0.2, -0.15) is 10.2 Å². The first kappa shape index (κ1) is 13.1. The molecule has 0 unspecified atom stereocenters. The van der Waals surface area contributed by atoms with Crippen molar-refractivity contribution in [2.75, 3.05) is 5.32 Å². The summed E-state index contributed by atoms with van der Waals surface area (Å²) in [6, 6.07) is 11.3. The number of benzene rings is 1. The highest BCUT2D eigenvalue weighted by molar-refractivity contribution is 6.03. The zero-order valence-corrected chi connectivity index (χ0v) is 11.6. The maximum Gasteiger partial charge on any atom is 0.273 e. The van der Waals surface area contributed by atoms with Gasteiger partial charge in [0.1, 0.15) is 5.69 Å². The monoisotopic (exact) mass is 281 g/mol. The third kappa shape index (κ3) is 3.00. The minimum atomic E-state index is -0.175. The van der Waals surface area contributed by atoms with Gasteiger partial charge in [0, 0.05) is 31.3 Å². The summed E-state index contributed by atoms with van der Waals surface area (Å²) in [6.07, 6.45) is 5.25. The van der Waals surface area contributed by atoms with E-state index in [1.54, 1.807) is 30.2 Å². The highest BCUT2D eigenvalue weighted by Crippen LogP contribution is 2.13. The molecule has 106 valence electrons. The Morgan fingerprint density at radius 1 is 1.19 bits per heavy atom. The quantitative estimate of drug-likeness (QED) is 0.794. The predicted molar refractivity (Wildman–Crippen MR) is 78.9 cm³/mol. The van der Waals surface area contributed by atoms with E-state index in [-0.39, 0.29) is 5.91 Å². The van der Waals surface area contributed by atoms with Crippen molar-refractivity contribution in [3.05, 3.63) is 66.2 Å². The maximum absolute atomic E-state index is 12.1. The van der Waals surface area contributed by atoms with Crippen molar-refractivity contribution in [1.82, 2.24) is 19.6 Å². The highest BCUT2D eigenvalue weighted by Gasteiger charge is 2.10. The van der Waals surface area contributed by atoms with Gasteiger partial charge in [-0.15, -0.1) is 0 Å². The molecule has 0 aliphatic heterocycles. The first-order chi connectivity index (χ1) is 10.2. The molecule has 0 bridgehead atoms. The second-order valence-corrected chi connectivity index (χ2v) is 4.70. The van der Waals surface area contributed by atoms with Crippen LogP contribution in [-0.2, 0) is 13.6 Å². The van der Waals surface area contributed by atoms with E-state index in [2.05, 4.69) is 15.5 Å². The zero-order valence-electron chi connectivity index (χ0n) is 11.6. The second-order valence-electron chi connectivity index (χ2n) is 4.70. The van der Waals surface area contributed by atoms with Crippen LogP contribution in [0.15, 0.2) is 55.0 Å². The van der Waals surface area contributed by atoms with E-state index in [1.807, 2.05) is 41.2 Å². The average Bonchev–Trinajstić information content (AvgIpc) is 3.10. The molecule has 3 aromatic rings. The molecule has 2 aromatic heterocycles. The molecule has 3 rings (SSSR count). The lowest BCUT2D eigenvalue weighted by Gasteiger charge is -2.08. The van der Waals surface area contributed by atoms with Gasteiger partial charge in [-0.05, 0) is 29.8 Å². The Bertz CT molecular complexity index is 745. The topological polar surface area (TPSA) is 64.7 Å². The summed E-state index contributed by atoms with van der Waals surface area (Å²) in [4.78, 5) is 12.1. The number of nitrogens with one attached hydrogen (secondary N) is 1. The Labute approximate surface area is 122 Å². The molecule has 0 aliphatic rings. The van der Waals surface area contributed by atoms with Gasteiger partial charge in [-0.25, -0.2) is 0 Å². The van der Waals surface area contributed by atoms with Gasteiger partial charge >= 0.3 is 0 Å². The molecule has 0 atom stereocenters. The molecule has 0 radical (unpaired) electrons. The number of anilines is 1. The van der Waals surface area contributed by atoms with Crippen molar-refractivity contribution >= 4 is 11.6 Å². The summed E-state index contributed by atoms with van der Waals surface area (Å²) in [5, 5.41) is 11.0. The number of carbonyl (C=O) groups excluding carboxylic acids is 1. The first-order valence-electron chi connectivity index (χ1n) is 6.58. The first-order valence-corrected chi connectivity index (χ1v) is 6.58. The lowest BCUT2D eigenvalue weighted by molar-refractivity contribution is 0.101. The van der Waals surface area contributed by atoms with Crippen LogP contribution >= 0.6 is 0 Å². The van der Waals surface area contributed by atoms with Crippen LogP contribution < -0.4 is 5.32 Å². The van der Waals surface area contributed by atoms with Gasteiger partial charge in [0.25, 0.3) is 5.91 Å². The molecule has 2 heterocycles. The highest BCUT2D eigenvalue weighted by atomic mass is 16.2. The normalized spacial score (nSPS) is 10.5. The minimum Gasteiger partial charge on any atom is -0.321 e. The third-order valence-corrected chi connectivity index (χ3v) is 3.14. The van der Waals surface area contributed by atoms with E-state index in [9.17, 15) is 4.79 Å². The Hall–Kier alpha value is -2.89. The molecule has 0 fully saturated rings. The van der Waals surface area contributed by atoms with Crippen molar-refractivity contribution in [3.63, 3.8) is 0 Å². The third-order valence-electron chi connectivity index (χ3n) is 3.14. The molecule has 0 saturated carbocycles. The van der Waals surface area contributed by atoms with E-state index >= 15 is 0 Å². The second kappa shape index (κ2) is 5.62. The van der Waals surface area contributed by atoms with Crippen LogP contribution in [0.1, 0.15) is 16.1 Å². The fourth-order valence-corrected chi connectivity index (χ4v) is 2.12. The molecule has 0 spiro atoms. The minimum absolute atomic E-state index is 0.175. The molecule has 6 nitrogen and oxygen atoms in total. The fourth-order valence-electron chi connectivity index (χ4n) is 2.12. The van der Waals surface area contributed by atoms with E-state index in [4.69, 9.17) is 0 Å². The summed E-state index contributed by atoms with van der Waals surface area (Å²) in [5.41, 5.74) is 2.35. The molecule has 1 N–H and O–H groups in total. The van der Waals surface area contributed by atoms with E-state index in [1.165, 1.54) is 0 Å². The average molecular weight is 281 g/mol. The Kier molecular flexibility index (Phi) is 3.51. The molecule has 1 amide bonds. The van der Waals surface area contributed by atoms with Crippen LogP contribution in [0.4, 0.5) is 5.69 Å². The van der Waals surface area contributed by atoms with Crippen LogP contribution in [0.5, 0.6) is 0 Å². The van der Waals surface area contributed by atoms with Gasteiger partial charge in [-0.3, -0.25) is 14.2 Å². The lowest BCUT2D eigenvalue weighted by atomic mass is 10.2. The van der Waals surface area contributed by atoms with E-state index in [0.29, 0.717) is 12.2 Å². The summed E-state index contributed by atoms with van der Waals surface area (Å²) >= 11 is 0. The number of nitrogens with zero attached hydrogens (tertiary/aromatic N) is 4. The fraction of sp³-hybridized carbons (Fsp3) is 0.133. The molecule has 0 aliphatic carbocycles. The number of hydrogen-bond acceptors (Lipinski definition) is 3. The standard InChI is InChI=1S/C15H15N5O/c1-19-14(6-8-16-19)15(21)18-13-5-2-4-12(10-13)11-20-9-3-7-17-20/h2-10H,11H2,1H3,(H,18,21). The van der Waals surface area contributed by atoms with Crippen LogP contribution in [0, 0.1) is 0 Å². The number of amides is 1. The van der Waals surface area contributed by atoms with Gasteiger partial charge in [0.15, 0.2) is 0 Å². The maximum atomic E-state index is 12.1. The molecule has 6 heteroatoms. The molecular weight excluding hydrogens is 266 g/mol. The Morgan fingerprint density at radius 2 is 2.10 bits per heavy atom. The van der Waals surface area contributed by atoms with Crippen LogP contribution in [0.25, 0.3) is 0 Å². The van der Waals surface area contributed by atoms with Crippen molar-refractivity contribution in [2.24, 2.45) is 7.05 Å². The van der Waals surface area contributed by atoms with Crippen molar-refractivity contribution in [1.29, 1.82) is 0 Å². The van der Waals surface area contributed by atoms with Gasteiger partial charge in [-0.1, -0.05) is 12.1 Å². The smallest absolute Gasteiger partial charge is 0.273 e. The predicted octanol–water partition coefficient (Wildman–Crippen LogP) is 1.92. The summed E-state index contributed by atoms with van der Waals surface area (Å²) in [5.74, 6) is -0.175. The number of carbonyl (C=O) groups is 1. The molecule has 0 saturated heterocycles. The molecular formula is C15H15N5O. The van der Waals surface area contributed by atoms with E-state index in [0.717, 1.165) is 11.3 Å². The van der Waals surface area contributed by atoms with Crippen molar-refractivity contribution in [3.8, 4) is 0 Å². The van der Waals surface area contributed by atoms with Crippen LogP contribution in [0.2, 0.25) is 0 Å². The number of aryl methyl sites for hydroxylation is 1. The SMILES string of the molecule is Cn1nccc1C(=O)Nc1cccc(Cn2cccn2)c1. The van der Waals surface area contributed by atoms with Gasteiger partial charge < -0.3 is 5.32 Å². The molecule has 21 heavy (non-hydrogen) atoms. The van der Waals surface area contributed by atoms with Gasteiger partial charge in [0.2, 0.25) is 0 Å². The summed E-state index contributed by atoms with van der Waals surface area (Å²) in [6.45, 7) is 0.669. The van der Waals surface area contributed by atoms with E-state index < -0.39 is 0 Å². The van der Waals surface area contributed by atoms with Crippen molar-refractivity contribution in [2.45, 2.75) is 6.54 Å². The number of hydrogen-bond donors (Lipinski definition) is 1. The molecule has 1 aromatic carbocycles. The lowest BCUT2D eigenvalue weighted by Crippen LogP contribution is -2.16. The zero-order chi connectivity index (χ0) is 14.7. The largest absolute Gasteiger partial charge is 0.321 e. The Morgan fingerprint density at radius 3 is 2.81 bits per heavy atom. The number of aromatic nitrogens is 4.